The highest BCUT2D eigenvalue weighted by molar-refractivity contribution is 6.08. The maximum Gasteiger partial charge on any atom is 0.344 e. The predicted molar refractivity (Wildman–Crippen MR) is 100 cm³/mol. The average Bonchev–Trinajstić information content (AvgIpc) is 2.88. The molecule has 150 valence electrons. The summed E-state index contributed by atoms with van der Waals surface area (Å²) in [5, 5.41) is 3.41. The van der Waals surface area contributed by atoms with Crippen LogP contribution in [0.5, 0.6) is 0 Å². The monoisotopic (exact) mass is 387 g/mol. The Morgan fingerprint density at radius 3 is 2.61 bits per heavy atom. The summed E-state index contributed by atoms with van der Waals surface area (Å²) >= 11 is 0. The van der Waals surface area contributed by atoms with Crippen molar-refractivity contribution < 1.29 is 23.9 Å². The first-order chi connectivity index (χ1) is 13.2. The number of hydrogen-bond acceptors (Lipinski definition) is 5. The maximum atomic E-state index is 12.7. The van der Waals surface area contributed by atoms with Gasteiger partial charge in [-0.3, -0.25) is 15.0 Å². The van der Waals surface area contributed by atoms with Gasteiger partial charge in [0.1, 0.15) is 5.54 Å². The van der Waals surface area contributed by atoms with Gasteiger partial charge < -0.3 is 10.1 Å². The lowest BCUT2D eigenvalue weighted by Gasteiger charge is -2.33. The second kappa shape index (κ2) is 7.61. The van der Waals surface area contributed by atoms with Gasteiger partial charge in [-0.05, 0) is 57.1 Å². The zero-order valence-electron chi connectivity index (χ0n) is 16.3. The van der Waals surface area contributed by atoms with Gasteiger partial charge in [0, 0.05) is 0 Å². The van der Waals surface area contributed by atoms with Crippen LogP contribution in [0.25, 0.3) is 0 Å². The molecule has 1 heterocycles. The third kappa shape index (κ3) is 3.85. The average molecular weight is 387 g/mol. The maximum absolute atomic E-state index is 12.7. The van der Waals surface area contributed by atoms with Gasteiger partial charge >= 0.3 is 12.0 Å². The minimum atomic E-state index is -0.938. The van der Waals surface area contributed by atoms with Crippen LogP contribution >= 0.6 is 0 Å². The molecule has 28 heavy (non-hydrogen) atoms. The van der Waals surface area contributed by atoms with Crippen molar-refractivity contribution in [3.63, 3.8) is 0 Å². The van der Waals surface area contributed by atoms with Gasteiger partial charge in [0.2, 0.25) is 0 Å². The normalized spacial score (nSPS) is 24.2. The molecule has 0 unspecified atom stereocenters. The van der Waals surface area contributed by atoms with Crippen molar-refractivity contribution in [2.24, 2.45) is 5.92 Å². The van der Waals surface area contributed by atoms with E-state index < -0.39 is 36.0 Å². The molecule has 2 N–H and O–H groups in total. The van der Waals surface area contributed by atoms with E-state index in [2.05, 4.69) is 17.7 Å². The first-order valence-electron chi connectivity index (χ1n) is 9.42. The van der Waals surface area contributed by atoms with Gasteiger partial charge in [-0.15, -0.1) is 0 Å². The lowest BCUT2D eigenvalue weighted by atomic mass is 9.77. The molecular formula is C20H25N3O5. The molecule has 1 saturated heterocycles. The van der Waals surface area contributed by atoms with E-state index in [-0.39, 0.29) is 0 Å². The van der Waals surface area contributed by atoms with E-state index in [4.69, 9.17) is 4.74 Å². The van der Waals surface area contributed by atoms with Gasteiger partial charge in [-0.2, -0.15) is 5.01 Å². The van der Waals surface area contributed by atoms with E-state index in [1.165, 1.54) is 0 Å². The second-order valence-electron chi connectivity index (χ2n) is 7.76. The third-order valence-corrected chi connectivity index (χ3v) is 5.47. The largest absolute Gasteiger partial charge is 0.452 e. The lowest BCUT2D eigenvalue weighted by Crippen LogP contribution is -2.52. The molecule has 3 rings (SSSR count). The van der Waals surface area contributed by atoms with Crippen molar-refractivity contribution in [1.29, 1.82) is 0 Å². The van der Waals surface area contributed by atoms with Crippen LogP contribution < -0.4 is 10.7 Å². The number of benzene rings is 1. The number of amides is 4. The third-order valence-electron chi connectivity index (χ3n) is 5.47. The number of esters is 1. The van der Waals surface area contributed by atoms with E-state index in [0.29, 0.717) is 29.3 Å². The van der Waals surface area contributed by atoms with Crippen LogP contribution in [0.4, 0.5) is 4.79 Å². The Balaban J connectivity index is 1.57. The molecule has 1 aliphatic carbocycles. The SMILES string of the molecule is Cc1ccc(C)c(C(=O)OCC(=O)NN2C(=O)NC3(CCC(C)CC3)C2=O)c1. The van der Waals surface area contributed by atoms with E-state index in [1.54, 1.807) is 19.1 Å². The molecule has 1 aromatic rings. The number of hydrogen-bond donors (Lipinski definition) is 2. The Morgan fingerprint density at radius 2 is 1.93 bits per heavy atom. The zero-order valence-corrected chi connectivity index (χ0v) is 16.3. The Labute approximate surface area is 163 Å². The number of carbonyl (C=O) groups is 4. The molecule has 8 nitrogen and oxygen atoms in total. The van der Waals surface area contributed by atoms with Gasteiger partial charge in [-0.25, -0.2) is 9.59 Å². The van der Waals surface area contributed by atoms with E-state index in [9.17, 15) is 19.2 Å². The summed E-state index contributed by atoms with van der Waals surface area (Å²) in [7, 11) is 0. The molecule has 0 atom stereocenters. The Kier molecular flexibility index (Phi) is 5.40. The minimum Gasteiger partial charge on any atom is -0.452 e. The molecule has 0 aromatic heterocycles. The molecule has 1 saturated carbocycles. The molecule has 2 aliphatic rings. The van der Waals surface area contributed by atoms with E-state index in [1.807, 2.05) is 13.0 Å². The zero-order chi connectivity index (χ0) is 20.5. The van der Waals surface area contributed by atoms with Crippen LogP contribution in [0.15, 0.2) is 18.2 Å². The standard InChI is InChI=1S/C20H25N3O5/c1-12-6-8-20(9-7-12)18(26)23(19(27)21-20)22-16(24)11-28-17(25)15-10-13(2)4-5-14(15)3/h4-5,10,12H,6-9,11H2,1-3H3,(H,21,27)(H,22,24). The highest BCUT2D eigenvalue weighted by atomic mass is 16.5. The van der Waals surface area contributed by atoms with Crippen LogP contribution in [-0.2, 0) is 14.3 Å². The summed E-state index contributed by atoms with van der Waals surface area (Å²) in [6.07, 6.45) is 2.77. The highest BCUT2D eigenvalue weighted by Gasteiger charge is 2.52. The summed E-state index contributed by atoms with van der Waals surface area (Å²) in [4.78, 5) is 49.2. The molecule has 0 radical (unpaired) electrons. The topological polar surface area (TPSA) is 105 Å². The van der Waals surface area contributed by atoms with Gasteiger partial charge in [0.15, 0.2) is 6.61 Å². The Bertz CT molecular complexity index is 827. The van der Waals surface area contributed by atoms with Gasteiger partial charge in [-0.1, -0.05) is 24.6 Å². The molecule has 1 aromatic carbocycles. The fraction of sp³-hybridized carbons (Fsp3) is 0.500. The summed E-state index contributed by atoms with van der Waals surface area (Å²) in [6, 6.07) is 4.69. The van der Waals surface area contributed by atoms with Crippen molar-refractivity contribution in [2.75, 3.05) is 6.61 Å². The number of nitrogens with one attached hydrogen (secondary N) is 2. The molecule has 1 spiro atoms. The predicted octanol–water partition coefficient (Wildman–Crippen LogP) is 1.99. The first-order valence-corrected chi connectivity index (χ1v) is 9.42. The molecule has 1 aliphatic heterocycles. The number of nitrogens with zero attached hydrogens (tertiary/aromatic N) is 1. The smallest absolute Gasteiger partial charge is 0.344 e. The van der Waals surface area contributed by atoms with Gasteiger partial charge in [0.25, 0.3) is 11.8 Å². The summed E-state index contributed by atoms with van der Waals surface area (Å²) in [5.74, 6) is -1.34. The molecule has 0 bridgehead atoms. The number of aryl methyl sites for hydroxylation is 2. The van der Waals surface area contributed by atoms with Crippen molar-refractivity contribution in [3.05, 3.63) is 34.9 Å². The van der Waals surface area contributed by atoms with Gasteiger partial charge in [0.05, 0.1) is 5.56 Å². The Morgan fingerprint density at radius 1 is 1.25 bits per heavy atom. The molecular weight excluding hydrogens is 362 g/mol. The second-order valence-corrected chi connectivity index (χ2v) is 7.76. The van der Waals surface area contributed by atoms with Crippen LogP contribution in [-0.4, -0.2) is 41.0 Å². The molecule has 2 fully saturated rings. The Hall–Kier alpha value is -2.90. The number of carbonyl (C=O) groups excluding carboxylic acids is 4. The van der Waals surface area contributed by atoms with Crippen molar-refractivity contribution in [1.82, 2.24) is 15.8 Å². The van der Waals surface area contributed by atoms with Crippen LogP contribution in [0, 0.1) is 19.8 Å². The fourth-order valence-corrected chi connectivity index (χ4v) is 3.64. The van der Waals surface area contributed by atoms with Crippen molar-refractivity contribution in [3.8, 4) is 0 Å². The number of imide groups is 1. The fourth-order valence-electron chi connectivity index (χ4n) is 3.64. The van der Waals surface area contributed by atoms with Crippen molar-refractivity contribution in [2.45, 2.75) is 52.0 Å². The van der Waals surface area contributed by atoms with Crippen LogP contribution in [0.1, 0.15) is 54.1 Å². The summed E-state index contributed by atoms with van der Waals surface area (Å²) in [5.41, 5.74) is 3.32. The molecule has 8 heteroatoms. The van der Waals surface area contributed by atoms with Crippen molar-refractivity contribution >= 4 is 23.8 Å². The lowest BCUT2D eigenvalue weighted by molar-refractivity contribution is -0.141. The summed E-state index contributed by atoms with van der Waals surface area (Å²) < 4.78 is 5.04. The first kappa shape index (κ1) is 19.9. The van der Waals surface area contributed by atoms with Crippen LogP contribution in [0.3, 0.4) is 0 Å². The van der Waals surface area contributed by atoms with Crippen LogP contribution in [0.2, 0.25) is 0 Å². The minimum absolute atomic E-state index is 0.373. The molecule has 4 amide bonds. The quantitative estimate of drug-likeness (QED) is 0.607. The number of hydrazine groups is 1. The van der Waals surface area contributed by atoms with E-state index in [0.717, 1.165) is 24.0 Å². The highest BCUT2D eigenvalue weighted by Crippen LogP contribution is 2.35. The van der Waals surface area contributed by atoms with E-state index >= 15 is 0 Å². The number of urea groups is 1. The number of rotatable bonds is 4. The summed E-state index contributed by atoms with van der Waals surface area (Å²) in [6.45, 7) is 5.14. The number of ether oxygens (including phenoxy) is 1.